The summed E-state index contributed by atoms with van der Waals surface area (Å²) in [6.45, 7) is 3.72. The number of carboxylic acid groups (broad SMARTS) is 1. The summed E-state index contributed by atoms with van der Waals surface area (Å²) < 4.78 is 0. The van der Waals surface area contributed by atoms with Crippen LogP contribution in [0, 0.1) is 5.92 Å². The quantitative estimate of drug-likeness (QED) is 0.721. The topological polar surface area (TPSA) is 90.0 Å². The molecule has 0 spiro atoms. The number of amides is 3. The summed E-state index contributed by atoms with van der Waals surface area (Å²) in [6, 6.07) is -0.616. The van der Waals surface area contributed by atoms with Crippen LogP contribution in [-0.4, -0.2) is 65.0 Å². The molecular formula is C12H19N3O4. The lowest BCUT2D eigenvalue weighted by Crippen LogP contribution is -2.58. The minimum Gasteiger partial charge on any atom is -0.481 e. The normalized spacial score (nSPS) is 27.3. The van der Waals surface area contributed by atoms with E-state index in [4.69, 9.17) is 5.11 Å². The highest BCUT2D eigenvalue weighted by atomic mass is 16.4. The molecule has 3 amide bonds. The number of piperazine rings is 1. The van der Waals surface area contributed by atoms with E-state index in [0.29, 0.717) is 32.6 Å². The standard InChI is InChI=1S/C12H19N3O4/c1-8-11(18)13-3-5-15(8)12(19)14-4-2-9(7-14)6-10(16)17/h8-9H,2-7H2,1H3,(H,13,18)(H,16,17). The van der Waals surface area contributed by atoms with Crippen LogP contribution in [-0.2, 0) is 9.59 Å². The molecule has 2 unspecified atom stereocenters. The Bertz CT molecular complexity index is 398. The Morgan fingerprint density at radius 2 is 2.16 bits per heavy atom. The van der Waals surface area contributed by atoms with Crippen molar-refractivity contribution >= 4 is 17.9 Å². The number of rotatable bonds is 2. The van der Waals surface area contributed by atoms with Crippen molar-refractivity contribution in [3.05, 3.63) is 0 Å². The maximum Gasteiger partial charge on any atom is 0.320 e. The Balaban J connectivity index is 1.93. The van der Waals surface area contributed by atoms with E-state index in [1.165, 1.54) is 0 Å². The van der Waals surface area contributed by atoms with E-state index in [0.717, 1.165) is 0 Å². The van der Waals surface area contributed by atoms with Crippen LogP contribution < -0.4 is 5.32 Å². The van der Waals surface area contributed by atoms with Crippen molar-refractivity contribution < 1.29 is 19.5 Å². The summed E-state index contributed by atoms with van der Waals surface area (Å²) >= 11 is 0. The second-order valence-electron chi connectivity index (χ2n) is 5.14. The maximum atomic E-state index is 12.3. The van der Waals surface area contributed by atoms with Crippen LogP contribution in [0.25, 0.3) is 0 Å². The van der Waals surface area contributed by atoms with Crippen molar-refractivity contribution in [1.82, 2.24) is 15.1 Å². The molecule has 19 heavy (non-hydrogen) atoms. The number of nitrogens with zero attached hydrogens (tertiary/aromatic N) is 2. The number of carbonyl (C=O) groups excluding carboxylic acids is 2. The van der Waals surface area contributed by atoms with Crippen molar-refractivity contribution in [3.8, 4) is 0 Å². The number of carbonyl (C=O) groups is 3. The number of likely N-dealkylation sites (tertiary alicyclic amines) is 1. The zero-order valence-electron chi connectivity index (χ0n) is 11.0. The number of hydrogen-bond donors (Lipinski definition) is 2. The second-order valence-corrected chi connectivity index (χ2v) is 5.14. The van der Waals surface area contributed by atoms with E-state index < -0.39 is 12.0 Å². The first-order valence-electron chi connectivity index (χ1n) is 6.54. The van der Waals surface area contributed by atoms with Gasteiger partial charge in [0, 0.05) is 32.6 Å². The SMILES string of the molecule is CC1C(=O)NCCN1C(=O)N1CCC(CC(=O)O)C1. The summed E-state index contributed by atoms with van der Waals surface area (Å²) in [6.07, 6.45) is 0.812. The number of nitrogens with one attached hydrogen (secondary N) is 1. The van der Waals surface area contributed by atoms with Crippen molar-refractivity contribution in [2.75, 3.05) is 26.2 Å². The predicted molar refractivity (Wildman–Crippen MR) is 66.5 cm³/mol. The van der Waals surface area contributed by atoms with Gasteiger partial charge in [-0.3, -0.25) is 9.59 Å². The van der Waals surface area contributed by atoms with Gasteiger partial charge in [-0.05, 0) is 19.3 Å². The molecule has 7 nitrogen and oxygen atoms in total. The molecule has 2 aliphatic heterocycles. The second kappa shape index (κ2) is 5.46. The maximum absolute atomic E-state index is 12.3. The van der Waals surface area contributed by atoms with Crippen LogP contribution in [0.4, 0.5) is 4.79 Å². The fourth-order valence-electron chi connectivity index (χ4n) is 2.65. The molecule has 2 atom stereocenters. The fourth-order valence-corrected chi connectivity index (χ4v) is 2.65. The van der Waals surface area contributed by atoms with Gasteiger partial charge in [-0.1, -0.05) is 0 Å². The van der Waals surface area contributed by atoms with E-state index in [1.807, 2.05) is 0 Å². The van der Waals surface area contributed by atoms with Gasteiger partial charge in [-0.25, -0.2) is 4.79 Å². The van der Waals surface area contributed by atoms with Gasteiger partial charge in [0.2, 0.25) is 5.91 Å². The highest BCUT2D eigenvalue weighted by Gasteiger charge is 2.35. The predicted octanol–water partition coefficient (Wildman–Crippen LogP) is -0.277. The van der Waals surface area contributed by atoms with Gasteiger partial charge in [-0.15, -0.1) is 0 Å². The molecule has 2 saturated heterocycles. The van der Waals surface area contributed by atoms with E-state index in [1.54, 1.807) is 16.7 Å². The molecule has 2 heterocycles. The van der Waals surface area contributed by atoms with E-state index in [2.05, 4.69) is 5.32 Å². The van der Waals surface area contributed by atoms with Crippen LogP contribution in [0.2, 0.25) is 0 Å². The van der Waals surface area contributed by atoms with E-state index in [9.17, 15) is 14.4 Å². The zero-order valence-corrected chi connectivity index (χ0v) is 11.0. The van der Waals surface area contributed by atoms with E-state index >= 15 is 0 Å². The minimum atomic E-state index is -0.829. The highest BCUT2D eigenvalue weighted by Crippen LogP contribution is 2.21. The Morgan fingerprint density at radius 1 is 1.42 bits per heavy atom. The number of aliphatic carboxylic acids is 1. The molecular weight excluding hydrogens is 250 g/mol. The molecule has 0 bridgehead atoms. The summed E-state index contributed by atoms with van der Waals surface area (Å²) in [5.74, 6) is -0.943. The largest absolute Gasteiger partial charge is 0.481 e. The van der Waals surface area contributed by atoms with Gasteiger partial charge in [0.25, 0.3) is 0 Å². The van der Waals surface area contributed by atoms with Crippen LogP contribution in [0.15, 0.2) is 0 Å². The Morgan fingerprint density at radius 3 is 2.84 bits per heavy atom. The first kappa shape index (κ1) is 13.6. The number of hydrogen-bond acceptors (Lipinski definition) is 3. The van der Waals surface area contributed by atoms with Gasteiger partial charge in [0.15, 0.2) is 0 Å². The Labute approximate surface area is 111 Å². The van der Waals surface area contributed by atoms with Gasteiger partial charge >= 0.3 is 12.0 Å². The third kappa shape index (κ3) is 2.97. The lowest BCUT2D eigenvalue weighted by atomic mass is 10.1. The van der Waals surface area contributed by atoms with E-state index in [-0.39, 0.29) is 24.3 Å². The average Bonchev–Trinajstić information content (AvgIpc) is 2.79. The molecule has 2 aliphatic rings. The molecule has 0 saturated carbocycles. The number of carboxylic acids is 1. The summed E-state index contributed by atoms with van der Waals surface area (Å²) in [5, 5.41) is 11.5. The first-order valence-corrected chi connectivity index (χ1v) is 6.54. The lowest BCUT2D eigenvalue weighted by molar-refractivity contribution is -0.138. The zero-order chi connectivity index (χ0) is 14.0. The van der Waals surface area contributed by atoms with Crippen LogP contribution in [0.5, 0.6) is 0 Å². The third-order valence-electron chi connectivity index (χ3n) is 3.76. The molecule has 7 heteroatoms. The first-order chi connectivity index (χ1) is 8.99. The molecule has 0 aromatic heterocycles. The fraction of sp³-hybridized carbons (Fsp3) is 0.750. The third-order valence-corrected chi connectivity index (χ3v) is 3.76. The van der Waals surface area contributed by atoms with Crippen molar-refractivity contribution in [2.24, 2.45) is 5.92 Å². The molecule has 0 aromatic rings. The molecule has 2 N–H and O–H groups in total. The molecule has 0 aliphatic carbocycles. The average molecular weight is 269 g/mol. The van der Waals surface area contributed by atoms with Crippen LogP contribution in [0.3, 0.4) is 0 Å². The van der Waals surface area contributed by atoms with Gasteiger partial charge in [0.1, 0.15) is 6.04 Å². The number of urea groups is 1. The molecule has 2 fully saturated rings. The summed E-state index contributed by atoms with van der Waals surface area (Å²) in [7, 11) is 0. The smallest absolute Gasteiger partial charge is 0.320 e. The van der Waals surface area contributed by atoms with Crippen molar-refractivity contribution in [2.45, 2.75) is 25.8 Å². The Hall–Kier alpha value is -1.79. The van der Waals surface area contributed by atoms with Gasteiger partial charge < -0.3 is 20.2 Å². The summed E-state index contributed by atoms with van der Waals surface area (Å²) in [5.41, 5.74) is 0. The summed E-state index contributed by atoms with van der Waals surface area (Å²) in [4.78, 5) is 37.7. The van der Waals surface area contributed by atoms with Crippen LogP contribution in [0.1, 0.15) is 19.8 Å². The van der Waals surface area contributed by atoms with Gasteiger partial charge in [-0.2, -0.15) is 0 Å². The lowest BCUT2D eigenvalue weighted by Gasteiger charge is -2.35. The van der Waals surface area contributed by atoms with Crippen molar-refractivity contribution in [1.29, 1.82) is 0 Å². The van der Waals surface area contributed by atoms with Crippen molar-refractivity contribution in [3.63, 3.8) is 0 Å². The molecule has 2 rings (SSSR count). The van der Waals surface area contributed by atoms with Crippen LogP contribution >= 0.6 is 0 Å². The van der Waals surface area contributed by atoms with Gasteiger partial charge in [0.05, 0.1) is 0 Å². The minimum absolute atomic E-state index is 0.0235. The molecule has 0 aromatic carbocycles. The Kier molecular flexibility index (Phi) is 3.92. The molecule has 0 radical (unpaired) electrons. The monoisotopic (exact) mass is 269 g/mol. The molecule has 106 valence electrons. The highest BCUT2D eigenvalue weighted by molar-refractivity contribution is 5.88.